The average molecular weight is 745 g/mol. The van der Waals surface area contributed by atoms with Gasteiger partial charge in [-0.25, -0.2) is 9.13 Å². The molecule has 0 unspecified atom stereocenters. The van der Waals surface area contributed by atoms with Crippen molar-refractivity contribution in [2.24, 2.45) is 0 Å². The molecule has 5 aromatic rings. The van der Waals surface area contributed by atoms with Gasteiger partial charge in [-0.3, -0.25) is 0 Å². The van der Waals surface area contributed by atoms with Crippen LogP contribution in [0.2, 0.25) is 0 Å². The number of hydrogen-bond donors (Lipinski definition) is 2. The van der Waals surface area contributed by atoms with Crippen molar-refractivity contribution in [1.29, 1.82) is 0 Å². The molecule has 0 aliphatic carbocycles. The van der Waals surface area contributed by atoms with Crippen LogP contribution in [0.15, 0.2) is 85.5 Å². The first kappa shape index (κ1) is 30.9. The SMILES string of the molecule is CCn1c2ccc(/C=C/c3cc[n+](CCO)cc3)cc2c2cc(/C=C/c3cc[n+](CCO)cc3)ccc21.[I-].[I-]. The number of hydrogen-bond acceptors (Lipinski definition) is 2. The molecule has 5 rings (SSSR count). The standard InChI is InChI=1S/C32H33N3O2.2HI/c1-2-35-31-9-7-27(5-3-25-11-15-33(16-12-25)19-21-36)23-29(31)30-24-28(8-10-32(30)35)6-4-26-13-17-34(18-14-26)20-22-37;;/h3-18,23-24,36-37H,2,19-22H2,1H3;2*1H/q+2;;/p-2. The van der Waals surface area contributed by atoms with E-state index in [1.807, 2.05) is 33.9 Å². The molecule has 3 aromatic heterocycles. The number of nitrogens with zero attached hydrogens (tertiary/aromatic N) is 3. The lowest BCUT2D eigenvalue weighted by molar-refractivity contribution is -0.698. The first-order chi connectivity index (χ1) is 18.2. The molecule has 0 spiro atoms. The van der Waals surface area contributed by atoms with Crippen molar-refractivity contribution in [3.63, 3.8) is 0 Å². The summed E-state index contributed by atoms with van der Waals surface area (Å²) in [7, 11) is 0. The van der Waals surface area contributed by atoms with E-state index in [2.05, 4.69) is 96.5 Å². The van der Waals surface area contributed by atoms with Crippen LogP contribution < -0.4 is 57.1 Å². The van der Waals surface area contributed by atoms with Crippen molar-refractivity contribution in [3.8, 4) is 0 Å². The van der Waals surface area contributed by atoms with Crippen LogP contribution in [0.25, 0.3) is 46.1 Å². The molecule has 0 fully saturated rings. The Balaban J connectivity index is 0.00000210. The number of pyridine rings is 2. The number of aromatic nitrogens is 3. The van der Waals surface area contributed by atoms with E-state index in [9.17, 15) is 0 Å². The van der Waals surface area contributed by atoms with Gasteiger partial charge < -0.3 is 62.7 Å². The van der Waals surface area contributed by atoms with E-state index < -0.39 is 0 Å². The molecule has 0 saturated heterocycles. The highest BCUT2D eigenvalue weighted by molar-refractivity contribution is 6.09. The zero-order valence-corrected chi connectivity index (χ0v) is 26.2. The van der Waals surface area contributed by atoms with Crippen LogP contribution in [0.4, 0.5) is 0 Å². The normalized spacial score (nSPS) is 11.4. The van der Waals surface area contributed by atoms with Gasteiger partial charge in [-0.2, -0.15) is 0 Å². The Hall–Kier alpha value is -2.60. The monoisotopic (exact) mass is 745 g/mol. The zero-order valence-electron chi connectivity index (χ0n) is 21.9. The molecular weight excluding hydrogens is 712 g/mol. The summed E-state index contributed by atoms with van der Waals surface area (Å²) in [6, 6.07) is 21.6. The number of fused-ring (bicyclic) bond motifs is 3. The van der Waals surface area contributed by atoms with Crippen LogP contribution in [0.5, 0.6) is 0 Å². The highest BCUT2D eigenvalue weighted by Gasteiger charge is 2.10. The lowest BCUT2D eigenvalue weighted by Crippen LogP contribution is -3.00. The minimum atomic E-state index is 0. The topological polar surface area (TPSA) is 53.2 Å². The minimum absolute atomic E-state index is 0. The molecule has 5 nitrogen and oxygen atoms in total. The predicted octanol–water partition coefficient (Wildman–Crippen LogP) is -1.28. The molecule has 0 saturated carbocycles. The van der Waals surface area contributed by atoms with Crippen LogP contribution in [0.3, 0.4) is 0 Å². The van der Waals surface area contributed by atoms with Gasteiger partial charge in [-0.1, -0.05) is 36.4 Å². The van der Waals surface area contributed by atoms with E-state index in [1.165, 1.54) is 21.8 Å². The van der Waals surface area contributed by atoms with Gasteiger partial charge in [-0.15, -0.1) is 0 Å². The fourth-order valence-electron chi connectivity index (χ4n) is 4.76. The van der Waals surface area contributed by atoms with Crippen LogP contribution >= 0.6 is 0 Å². The molecule has 2 aromatic carbocycles. The Labute approximate surface area is 263 Å². The minimum Gasteiger partial charge on any atom is -1.00 e. The second kappa shape index (κ2) is 14.7. The summed E-state index contributed by atoms with van der Waals surface area (Å²) in [5, 5.41) is 20.7. The molecule has 3 heterocycles. The smallest absolute Gasteiger partial charge is 0.171 e. The Morgan fingerprint density at radius 2 is 0.974 bits per heavy atom. The molecule has 0 aliphatic heterocycles. The summed E-state index contributed by atoms with van der Waals surface area (Å²) in [5.41, 5.74) is 7.07. The number of halogens is 2. The van der Waals surface area contributed by atoms with Crippen molar-refractivity contribution < 1.29 is 67.3 Å². The molecule has 2 N–H and O–H groups in total. The summed E-state index contributed by atoms with van der Waals surface area (Å²) < 4.78 is 6.32. The molecule has 0 radical (unpaired) electrons. The van der Waals surface area contributed by atoms with Gasteiger partial charge in [0.05, 0.1) is 0 Å². The molecule has 7 heteroatoms. The summed E-state index contributed by atoms with van der Waals surface area (Å²) in [6.07, 6.45) is 16.5. The van der Waals surface area contributed by atoms with Crippen molar-refractivity contribution in [2.45, 2.75) is 26.6 Å². The second-order valence-corrected chi connectivity index (χ2v) is 9.15. The van der Waals surface area contributed by atoms with Gasteiger partial charge in [0.2, 0.25) is 0 Å². The van der Waals surface area contributed by atoms with Crippen LogP contribution in [-0.2, 0) is 19.6 Å². The third-order valence-electron chi connectivity index (χ3n) is 6.72. The lowest BCUT2D eigenvalue weighted by atomic mass is 10.1. The fraction of sp³-hybridized carbons (Fsp3) is 0.188. The maximum atomic E-state index is 9.10. The maximum absolute atomic E-state index is 9.10. The predicted molar refractivity (Wildman–Crippen MR) is 150 cm³/mol. The maximum Gasteiger partial charge on any atom is 0.171 e. The molecule has 202 valence electrons. The van der Waals surface area contributed by atoms with Gasteiger partial charge in [0, 0.05) is 52.6 Å². The number of aliphatic hydroxyl groups excluding tert-OH is 2. The van der Waals surface area contributed by atoms with Crippen LogP contribution in [0.1, 0.15) is 29.2 Å². The number of rotatable bonds is 9. The molecule has 0 aliphatic rings. The molecule has 39 heavy (non-hydrogen) atoms. The van der Waals surface area contributed by atoms with E-state index in [4.69, 9.17) is 10.2 Å². The fourth-order valence-corrected chi connectivity index (χ4v) is 4.76. The van der Waals surface area contributed by atoms with Gasteiger partial charge in [-0.05, 0) is 53.4 Å². The summed E-state index contributed by atoms with van der Waals surface area (Å²) in [6.45, 7) is 4.60. The van der Waals surface area contributed by atoms with Gasteiger partial charge >= 0.3 is 0 Å². The van der Waals surface area contributed by atoms with E-state index >= 15 is 0 Å². The Morgan fingerprint density at radius 1 is 0.590 bits per heavy atom. The third kappa shape index (κ3) is 7.33. The van der Waals surface area contributed by atoms with E-state index in [0.717, 1.165) is 28.8 Å². The summed E-state index contributed by atoms with van der Waals surface area (Å²) >= 11 is 0. The van der Waals surface area contributed by atoms with E-state index in [0.29, 0.717) is 13.1 Å². The number of aryl methyl sites for hydroxylation is 1. The quantitative estimate of drug-likeness (QED) is 0.146. The highest BCUT2D eigenvalue weighted by Crippen LogP contribution is 2.31. The Morgan fingerprint density at radius 3 is 1.33 bits per heavy atom. The molecular formula is C32H33I2N3O2. The number of benzene rings is 2. The Kier molecular flexibility index (Phi) is 11.7. The zero-order chi connectivity index (χ0) is 25.6. The lowest BCUT2D eigenvalue weighted by Gasteiger charge is -2.03. The van der Waals surface area contributed by atoms with Crippen molar-refractivity contribution in [3.05, 3.63) is 108 Å². The summed E-state index contributed by atoms with van der Waals surface area (Å²) in [5.74, 6) is 0. The summed E-state index contributed by atoms with van der Waals surface area (Å²) in [4.78, 5) is 0. The van der Waals surface area contributed by atoms with Crippen LogP contribution in [0, 0.1) is 0 Å². The van der Waals surface area contributed by atoms with Gasteiger partial charge in [0.25, 0.3) is 0 Å². The van der Waals surface area contributed by atoms with Crippen molar-refractivity contribution in [2.75, 3.05) is 13.2 Å². The first-order valence-electron chi connectivity index (χ1n) is 12.8. The second-order valence-electron chi connectivity index (χ2n) is 9.15. The van der Waals surface area contributed by atoms with E-state index in [-0.39, 0.29) is 61.2 Å². The van der Waals surface area contributed by atoms with Crippen molar-refractivity contribution >= 4 is 46.1 Å². The van der Waals surface area contributed by atoms with E-state index in [1.54, 1.807) is 0 Å². The molecule has 0 bridgehead atoms. The Bertz CT molecular complexity index is 1460. The highest BCUT2D eigenvalue weighted by atomic mass is 127. The van der Waals surface area contributed by atoms with Gasteiger partial charge in [0.15, 0.2) is 37.9 Å². The molecule has 0 amide bonds. The molecule has 0 atom stereocenters. The largest absolute Gasteiger partial charge is 1.00 e. The van der Waals surface area contributed by atoms with Gasteiger partial charge in [0.1, 0.15) is 13.2 Å². The number of aliphatic hydroxyl groups is 2. The first-order valence-corrected chi connectivity index (χ1v) is 12.8. The third-order valence-corrected chi connectivity index (χ3v) is 6.72. The average Bonchev–Trinajstić information content (AvgIpc) is 3.25. The van der Waals surface area contributed by atoms with Crippen molar-refractivity contribution in [1.82, 2.24) is 4.57 Å². The van der Waals surface area contributed by atoms with Crippen LogP contribution in [-0.4, -0.2) is 28.0 Å².